The number of allylic oxidation sites excluding steroid dienone is 1. The highest BCUT2D eigenvalue weighted by atomic mass is 127. The van der Waals surface area contributed by atoms with E-state index in [2.05, 4.69) is 3.15 Å². The Bertz CT molecular complexity index is 162. The van der Waals surface area contributed by atoms with Crippen molar-refractivity contribution in [2.24, 2.45) is 8.88 Å². The van der Waals surface area contributed by atoms with Gasteiger partial charge in [-0.05, 0) is 10.2 Å². The number of nitrogens with two attached hydrogens (primary N) is 1. The second kappa shape index (κ2) is 2.59. The third-order valence-electron chi connectivity index (χ3n) is 0.660. The van der Waals surface area contributed by atoms with Crippen LogP contribution in [0.5, 0.6) is 0 Å². The van der Waals surface area contributed by atoms with Crippen LogP contribution in [0, 0.1) is 0 Å². The van der Waals surface area contributed by atoms with Gasteiger partial charge in [-0.25, -0.2) is 3.15 Å². The summed E-state index contributed by atoms with van der Waals surface area (Å²) in [5.41, 5.74) is 5.94. The summed E-state index contributed by atoms with van der Waals surface area (Å²) < 4.78 is 5.93. The Labute approximate surface area is 62.6 Å². The van der Waals surface area contributed by atoms with Gasteiger partial charge in [0.25, 0.3) is 0 Å². The topological polar surface area (TPSA) is 38.4 Å². The van der Waals surface area contributed by atoms with E-state index in [9.17, 15) is 0 Å². The van der Waals surface area contributed by atoms with Gasteiger partial charge in [0.1, 0.15) is 0 Å². The molecule has 44 valence electrons. The van der Waals surface area contributed by atoms with Gasteiger partial charge in [0.2, 0.25) is 0 Å². The van der Waals surface area contributed by atoms with E-state index in [1.54, 1.807) is 0 Å². The molecule has 4 heteroatoms. The van der Waals surface area contributed by atoms with Crippen molar-refractivity contribution in [1.82, 2.24) is 0 Å². The summed E-state index contributed by atoms with van der Waals surface area (Å²) in [7, 11) is 0. The molecule has 0 saturated heterocycles. The van der Waals surface area contributed by atoms with E-state index in [1.807, 2.05) is 10.2 Å². The maximum atomic E-state index is 5.53. The smallest absolute Gasteiger partial charge is 0.158 e. The zero-order valence-corrected chi connectivity index (χ0v) is 6.85. The molecule has 0 saturated carbocycles. The lowest BCUT2D eigenvalue weighted by molar-refractivity contribution is 1.36. The van der Waals surface area contributed by atoms with E-state index in [1.165, 1.54) is 0 Å². The molecule has 0 amide bonds. The molecule has 2 nitrogen and oxygen atoms in total. The normalized spacial score (nSPS) is 18.6. The predicted molar refractivity (Wildman–Crippen MR) is 42.7 cm³/mol. The van der Waals surface area contributed by atoms with Crippen molar-refractivity contribution in [3.8, 4) is 0 Å². The summed E-state index contributed by atoms with van der Waals surface area (Å²) in [4.78, 5) is 0. The molecule has 1 rings (SSSR count). The average molecular weight is 242 g/mol. The Morgan fingerprint density at radius 1 is 1.75 bits per heavy atom. The number of rotatable bonds is 0. The summed E-state index contributed by atoms with van der Waals surface area (Å²) in [5.74, 6) is 0. The first-order chi connectivity index (χ1) is 3.80. The zero-order valence-electron chi connectivity index (χ0n) is 3.94. The largest absolute Gasteiger partial charge is 0.396 e. The molecule has 0 aliphatic carbocycles. The molecule has 0 unspecified atom stereocenters. The number of nitrogens with zero attached hydrogens (tertiary/aromatic N) is 1. The van der Waals surface area contributed by atoms with Gasteiger partial charge in [0, 0.05) is 21.0 Å². The van der Waals surface area contributed by atoms with Gasteiger partial charge in [-0.15, -0.1) is 0 Å². The standard InChI is InChI=1S/C4H4ClIN2/c5-4-3(7)1-2-6-8-4/h1-2H,7H2. The van der Waals surface area contributed by atoms with Crippen LogP contribution < -0.4 is 5.73 Å². The lowest BCUT2D eigenvalue weighted by Crippen LogP contribution is -1.94. The molecule has 2 N–H and O–H groups in total. The molecule has 0 aromatic carbocycles. The molecule has 8 heavy (non-hydrogen) atoms. The molecule has 0 aromatic heterocycles. The van der Waals surface area contributed by atoms with Crippen LogP contribution in [0.2, 0.25) is 0 Å². The van der Waals surface area contributed by atoms with Crippen molar-refractivity contribution in [3.05, 3.63) is 21.0 Å². The second-order valence-corrected chi connectivity index (χ2v) is 3.34. The van der Waals surface area contributed by atoms with E-state index >= 15 is 0 Å². The van der Waals surface area contributed by atoms with E-state index in [0.29, 0.717) is 10.9 Å². The number of hydrogen-bond acceptors (Lipinski definition) is 2. The predicted octanol–water partition coefficient (Wildman–Crippen LogP) is 2.03. The maximum Gasteiger partial charge on any atom is 0.158 e. The van der Waals surface area contributed by atoms with E-state index in [0.717, 1.165) is 0 Å². The van der Waals surface area contributed by atoms with Crippen molar-refractivity contribution in [2.45, 2.75) is 0 Å². The SMILES string of the molecule is NC1=C(Cl)N=IC=C1. The lowest BCUT2D eigenvalue weighted by Gasteiger charge is -1.95. The van der Waals surface area contributed by atoms with Gasteiger partial charge in [-0.2, -0.15) is 0 Å². The first-order valence-electron chi connectivity index (χ1n) is 1.96. The fraction of sp³-hybridized carbons (Fsp3) is 0. The summed E-state index contributed by atoms with van der Waals surface area (Å²) >= 11 is 5.35. The highest BCUT2D eigenvalue weighted by Crippen LogP contribution is 2.20. The summed E-state index contributed by atoms with van der Waals surface area (Å²) in [6.07, 6.45) is 1.81. The highest BCUT2D eigenvalue weighted by molar-refractivity contribution is 14.2. The molecule has 0 atom stereocenters. The van der Waals surface area contributed by atoms with Gasteiger partial charge >= 0.3 is 0 Å². The minimum atomic E-state index is -0.178. The highest BCUT2D eigenvalue weighted by Gasteiger charge is 1.95. The first kappa shape index (κ1) is 6.22. The lowest BCUT2D eigenvalue weighted by atomic mass is 10.5. The Morgan fingerprint density at radius 2 is 2.50 bits per heavy atom. The van der Waals surface area contributed by atoms with Crippen molar-refractivity contribution in [3.63, 3.8) is 0 Å². The summed E-state index contributed by atoms with van der Waals surface area (Å²) in [6, 6.07) is 0. The van der Waals surface area contributed by atoms with E-state index in [-0.39, 0.29) is 21.0 Å². The van der Waals surface area contributed by atoms with Crippen LogP contribution in [-0.2, 0) is 0 Å². The van der Waals surface area contributed by atoms with Crippen molar-refractivity contribution >= 4 is 32.6 Å². The van der Waals surface area contributed by atoms with Crippen LogP contribution in [0.15, 0.2) is 24.2 Å². The Morgan fingerprint density at radius 3 is 2.88 bits per heavy atom. The third-order valence-corrected chi connectivity index (χ3v) is 2.69. The average Bonchev–Trinajstić information content (AvgIpc) is 1.77. The van der Waals surface area contributed by atoms with Crippen LogP contribution in [-0.4, -0.2) is 0 Å². The number of hydrogen-bond donors (Lipinski definition) is 1. The van der Waals surface area contributed by atoms with Crippen LogP contribution in [0.25, 0.3) is 0 Å². The fourth-order valence-electron chi connectivity index (χ4n) is 0.285. The fourth-order valence-corrected chi connectivity index (χ4v) is 1.83. The molecule has 0 fully saturated rings. The molecule has 0 spiro atoms. The van der Waals surface area contributed by atoms with Gasteiger partial charge in [-0.1, -0.05) is 11.6 Å². The Hall–Kier alpha value is 0.1000. The molecule has 0 bridgehead atoms. The van der Waals surface area contributed by atoms with E-state index < -0.39 is 0 Å². The summed E-state index contributed by atoms with van der Waals surface area (Å²) in [5, 5.41) is 0.473. The Kier molecular flexibility index (Phi) is 2.01. The minimum Gasteiger partial charge on any atom is -0.396 e. The minimum absolute atomic E-state index is 0.178. The second-order valence-electron chi connectivity index (χ2n) is 1.22. The van der Waals surface area contributed by atoms with Crippen LogP contribution in [0.4, 0.5) is 0 Å². The zero-order chi connectivity index (χ0) is 5.98. The maximum absolute atomic E-state index is 5.53. The molecule has 1 aliphatic heterocycles. The van der Waals surface area contributed by atoms with E-state index in [4.69, 9.17) is 17.3 Å². The van der Waals surface area contributed by atoms with Gasteiger partial charge in [0.05, 0.1) is 5.70 Å². The van der Waals surface area contributed by atoms with Gasteiger partial charge < -0.3 is 5.73 Å². The van der Waals surface area contributed by atoms with Gasteiger partial charge in [0.15, 0.2) is 5.16 Å². The van der Waals surface area contributed by atoms with Crippen LogP contribution >= 0.6 is 32.6 Å². The van der Waals surface area contributed by atoms with Gasteiger partial charge in [-0.3, -0.25) is 0 Å². The molecule has 1 heterocycles. The van der Waals surface area contributed by atoms with Crippen molar-refractivity contribution in [2.75, 3.05) is 0 Å². The van der Waals surface area contributed by atoms with Crippen LogP contribution in [0.1, 0.15) is 0 Å². The monoisotopic (exact) mass is 242 g/mol. The van der Waals surface area contributed by atoms with Crippen molar-refractivity contribution < 1.29 is 0 Å². The molecular weight excluding hydrogens is 238 g/mol. The molecule has 0 radical (unpaired) electrons. The first-order valence-corrected chi connectivity index (χ1v) is 4.55. The molecule has 0 aromatic rings. The summed E-state index contributed by atoms with van der Waals surface area (Å²) in [6.45, 7) is 0. The third kappa shape index (κ3) is 1.29. The van der Waals surface area contributed by atoms with Crippen molar-refractivity contribution in [1.29, 1.82) is 0 Å². The van der Waals surface area contributed by atoms with Crippen LogP contribution in [0.3, 0.4) is 0 Å². The number of halogens is 2. The molecule has 1 aliphatic rings. The quantitative estimate of drug-likeness (QED) is 0.512. The Balaban J connectivity index is 2.97. The molecular formula is C4H4ClIN2.